The SMILES string of the molecule is CSc1cnc2n1C(C)(Cc1ccc(Br)cc1)C(=O)N2c1cc(Cl)cc(Cl)c1. The van der Waals surface area contributed by atoms with Gasteiger partial charge >= 0.3 is 0 Å². The van der Waals surface area contributed by atoms with Gasteiger partial charge in [0.25, 0.3) is 5.91 Å². The number of amides is 1. The summed E-state index contributed by atoms with van der Waals surface area (Å²) in [6.45, 7) is 1.95. The molecule has 1 unspecified atom stereocenters. The van der Waals surface area contributed by atoms with Crippen molar-refractivity contribution in [1.82, 2.24) is 9.55 Å². The van der Waals surface area contributed by atoms with E-state index in [9.17, 15) is 4.79 Å². The second kappa shape index (κ2) is 7.41. The minimum Gasteiger partial charge on any atom is -0.289 e. The molecule has 0 saturated heterocycles. The van der Waals surface area contributed by atoms with Gasteiger partial charge in [0.1, 0.15) is 5.54 Å². The van der Waals surface area contributed by atoms with Crippen LogP contribution in [-0.2, 0) is 16.8 Å². The molecule has 0 N–H and O–H groups in total. The van der Waals surface area contributed by atoms with Crippen molar-refractivity contribution < 1.29 is 4.79 Å². The average molecular weight is 497 g/mol. The second-order valence-electron chi connectivity index (χ2n) is 6.78. The lowest BCUT2D eigenvalue weighted by atomic mass is 9.92. The van der Waals surface area contributed by atoms with E-state index in [1.807, 2.05) is 42.0 Å². The van der Waals surface area contributed by atoms with Crippen LogP contribution in [0.5, 0.6) is 0 Å². The van der Waals surface area contributed by atoms with Crippen LogP contribution in [0.25, 0.3) is 0 Å². The highest BCUT2D eigenvalue weighted by atomic mass is 79.9. The van der Waals surface area contributed by atoms with Crippen molar-refractivity contribution in [3.8, 4) is 0 Å². The van der Waals surface area contributed by atoms with Gasteiger partial charge in [-0.25, -0.2) is 9.88 Å². The number of aromatic nitrogens is 2. The van der Waals surface area contributed by atoms with Crippen LogP contribution in [0.1, 0.15) is 12.5 Å². The normalized spacial score (nSPS) is 18.6. The van der Waals surface area contributed by atoms with Gasteiger partial charge in [0.2, 0.25) is 5.95 Å². The molecule has 8 heteroatoms. The molecule has 28 heavy (non-hydrogen) atoms. The Morgan fingerprint density at radius 1 is 1.14 bits per heavy atom. The third-order valence-corrected chi connectivity index (χ3v) is 6.52. The first-order valence-corrected chi connectivity index (χ1v) is 11.3. The van der Waals surface area contributed by atoms with Gasteiger partial charge in [0.05, 0.1) is 16.9 Å². The molecule has 1 aliphatic heterocycles. The van der Waals surface area contributed by atoms with E-state index >= 15 is 0 Å². The standard InChI is InChI=1S/C20H16BrCl2N3OS/c1-20(10-12-3-5-13(21)6-4-12)18(27)25(16-8-14(22)7-15(23)9-16)19-24-11-17(28-2)26(19)20/h3-9,11H,10H2,1-2H3. The lowest BCUT2D eigenvalue weighted by molar-refractivity contribution is -0.124. The molecule has 0 aliphatic carbocycles. The minimum atomic E-state index is -0.813. The maximum atomic E-state index is 13.7. The number of hydrogen-bond acceptors (Lipinski definition) is 3. The fourth-order valence-corrected chi connectivity index (χ4v) is 4.98. The second-order valence-corrected chi connectivity index (χ2v) is 9.40. The Labute approximate surface area is 186 Å². The van der Waals surface area contributed by atoms with E-state index in [2.05, 4.69) is 20.9 Å². The Balaban J connectivity index is 1.85. The number of anilines is 2. The number of hydrogen-bond donors (Lipinski definition) is 0. The Hall–Kier alpha value is -1.47. The quantitative estimate of drug-likeness (QED) is 0.397. The summed E-state index contributed by atoms with van der Waals surface area (Å²) in [7, 11) is 0. The first kappa shape index (κ1) is 19.8. The summed E-state index contributed by atoms with van der Waals surface area (Å²) in [5, 5.41) is 1.87. The van der Waals surface area contributed by atoms with Crippen molar-refractivity contribution in [1.29, 1.82) is 0 Å². The monoisotopic (exact) mass is 495 g/mol. The molecular weight excluding hydrogens is 481 g/mol. The smallest absolute Gasteiger partial charge is 0.260 e. The molecule has 0 bridgehead atoms. The number of halogens is 3. The topological polar surface area (TPSA) is 38.1 Å². The molecule has 3 aromatic rings. The number of carbonyl (C=O) groups excluding carboxylic acids is 1. The van der Waals surface area contributed by atoms with E-state index in [0.29, 0.717) is 28.1 Å². The van der Waals surface area contributed by atoms with Gasteiger partial charge in [-0.05, 0) is 49.1 Å². The number of carbonyl (C=O) groups is 1. The summed E-state index contributed by atoms with van der Waals surface area (Å²) in [6.07, 6.45) is 4.32. The average Bonchev–Trinajstić information content (AvgIpc) is 3.15. The Kier molecular flexibility index (Phi) is 5.25. The number of rotatable bonds is 4. The van der Waals surface area contributed by atoms with Crippen molar-refractivity contribution >= 4 is 68.4 Å². The molecule has 0 fully saturated rings. The molecule has 1 atom stereocenters. The van der Waals surface area contributed by atoms with Crippen LogP contribution in [0.2, 0.25) is 10.0 Å². The molecule has 1 aromatic heterocycles. The van der Waals surface area contributed by atoms with Crippen LogP contribution in [0, 0.1) is 0 Å². The predicted molar refractivity (Wildman–Crippen MR) is 119 cm³/mol. The van der Waals surface area contributed by atoms with Gasteiger partial charge in [-0.1, -0.05) is 51.3 Å². The van der Waals surface area contributed by atoms with Gasteiger partial charge < -0.3 is 0 Å². The summed E-state index contributed by atoms with van der Waals surface area (Å²) in [4.78, 5) is 19.8. The number of fused-ring (bicyclic) bond motifs is 1. The van der Waals surface area contributed by atoms with Crippen molar-refractivity contribution in [3.05, 3.63) is 68.7 Å². The van der Waals surface area contributed by atoms with Crippen LogP contribution < -0.4 is 4.90 Å². The van der Waals surface area contributed by atoms with Crippen LogP contribution in [0.3, 0.4) is 0 Å². The van der Waals surface area contributed by atoms with Gasteiger partial charge in [-0.2, -0.15) is 0 Å². The molecule has 0 spiro atoms. The van der Waals surface area contributed by atoms with E-state index in [0.717, 1.165) is 15.1 Å². The lowest BCUT2D eigenvalue weighted by Crippen LogP contribution is -2.41. The Morgan fingerprint density at radius 3 is 2.39 bits per heavy atom. The maximum Gasteiger partial charge on any atom is 0.260 e. The lowest BCUT2D eigenvalue weighted by Gasteiger charge is -2.26. The zero-order valence-electron chi connectivity index (χ0n) is 15.1. The van der Waals surface area contributed by atoms with E-state index in [1.54, 1.807) is 41.1 Å². The van der Waals surface area contributed by atoms with Gasteiger partial charge in [0, 0.05) is 20.9 Å². The molecule has 144 valence electrons. The maximum absolute atomic E-state index is 13.7. The predicted octanol–water partition coefficient (Wildman–Crippen LogP) is 6.31. The zero-order chi connectivity index (χ0) is 20.1. The van der Waals surface area contributed by atoms with Crippen LogP contribution in [0.15, 0.2) is 58.2 Å². The van der Waals surface area contributed by atoms with Gasteiger partial charge in [-0.15, -0.1) is 11.8 Å². The summed E-state index contributed by atoms with van der Waals surface area (Å²) in [5.41, 5.74) is 0.866. The summed E-state index contributed by atoms with van der Waals surface area (Å²) in [6, 6.07) is 13.1. The van der Waals surface area contributed by atoms with Gasteiger partial charge in [0.15, 0.2) is 0 Å². The fraction of sp³-hybridized carbons (Fsp3) is 0.200. The van der Waals surface area contributed by atoms with E-state index in [1.165, 1.54) is 0 Å². The van der Waals surface area contributed by atoms with Crippen molar-refractivity contribution in [2.75, 3.05) is 11.2 Å². The molecule has 2 aromatic carbocycles. The van der Waals surface area contributed by atoms with Gasteiger partial charge in [-0.3, -0.25) is 9.36 Å². The molecule has 1 aliphatic rings. The number of benzene rings is 2. The van der Waals surface area contributed by atoms with E-state index < -0.39 is 5.54 Å². The third kappa shape index (κ3) is 3.26. The first-order chi connectivity index (χ1) is 13.3. The van der Waals surface area contributed by atoms with Crippen LogP contribution in [0.4, 0.5) is 11.6 Å². The van der Waals surface area contributed by atoms with Crippen LogP contribution >= 0.6 is 50.9 Å². The molecule has 0 saturated carbocycles. The van der Waals surface area contributed by atoms with E-state index in [-0.39, 0.29) is 5.91 Å². The molecule has 4 nitrogen and oxygen atoms in total. The molecule has 2 heterocycles. The number of thioether (sulfide) groups is 1. The molecule has 4 rings (SSSR count). The summed E-state index contributed by atoms with van der Waals surface area (Å²) >= 11 is 17.4. The number of imidazole rings is 1. The Morgan fingerprint density at radius 2 is 1.79 bits per heavy atom. The highest BCUT2D eigenvalue weighted by molar-refractivity contribution is 9.10. The fourth-order valence-electron chi connectivity index (χ4n) is 3.58. The Bertz CT molecular complexity index is 1050. The van der Waals surface area contributed by atoms with Crippen LogP contribution in [-0.4, -0.2) is 21.7 Å². The van der Waals surface area contributed by atoms with Crippen molar-refractivity contribution in [2.24, 2.45) is 0 Å². The number of nitrogens with zero attached hydrogens (tertiary/aromatic N) is 3. The third-order valence-electron chi connectivity index (χ3n) is 4.84. The zero-order valence-corrected chi connectivity index (χ0v) is 19.0. The van der Waals surface area contributed by atoms with E-state index in [4.69, 9.17) is 23.2 Å². The molecule has 1 amide bonds. The van der Waals surface area contributed by atoms with Crippen molar-refractivity contribution in [2.45, 2.75) is 23.9 Å². The highest BCUT2D eigenvalue weighted by Crippen LogP contribution is 2.45. The first-order valence-electron chi connectivity index (χ1n) is 8.51. The minimum absolute atomic E-state index is 0.0628. The largest absolute Gasteiger partial charge is 0.289 e. The highest BCUT2D eigenvalue weighted by Gasteiger charge is 2.50. The summed E-state index contributed by atoms with van der Waals surface area (Å²) in [5.74, 6) is 0.513. The van der Waals surface area contributed by atoms with Crippen molar-refractivity contribution in [3.63, 3.8) is 0 Å². The molecule has 0 radical (unpaired) electrons. The summed E-state index contributed by atoms with van der Waals surface area (Å²) < 4.78 is 3.01. The molecular formula is C20H16BrCl2N3OS.